The fourth-order valence-corrected chi connectivity index (χ4v) is 12.7. The Balaban J connectivity index is 1.50. The molecule has 2 aliphatic rings. The minimum absolute atomic E-state index is 0.186. The lowest BCUT2D eigenvalue weighted by atomic mass is 9.84. The second-order valence-corrected chi connectivity index (χ2v) is 15.5. The number of phenols is 1. The van der Waals surface area contributed by atoms with Gasteiger partial charge in [0.05, 0.1) is 8.07 Å². The molecular weight excluding hydrogens is 418 g/mol. The van der Waals surface area contributed by atoms with Gasteiger partial charge in [-0.15, -0.1) is 0 Å². The Hall–Kier alpha value is -1.68. The van der Waals surface area contributed by atoms with Gasteiger partial charge in [0.25, 0.3) is 0 Å². The van der Waals surface area contributed by atoms with Crippen molar-refractivity contribution in [2.75, 3.05) is 0 Å². The van der Waals surface area contributed by atoms with Crippen LogP contribution in [0.5, 0.6) is 5.75 Å². The van der Waals surface area contributed by atoms with Crippen molar-refractivity contribution in [2.45, 2.75) is 88.8 Å². The van der Waals surface area contributed by atoms with Crippen molar-refractivity contribution >= 4 is 13.3 Å². The number of benzene rings is 2. The quantitative estimate of drug-likeness (QED) is 0.438. The minimum Gasteiger partial charge on any atom is -0.503 e. The molecule has 0 amide bonds. The van der Waals surface area contributed by atoms with Crippen LogP contribution in [0, 0.1) is 23.5 Å². The molecule has 4 rings (SSSR count). The van der Waals surface area contributed by atoms with E-state index >= 15 is 0 Å². The molecule has 1 heterocycles. The van der Waals surface area contributed by atoms with Gasteiger partial charge in [-0.1, -0.05) is 100.0 Å². The summed E-state index contributed by atoms with van der Waals surface area (Å²) >= 11 is 0. The highest BCUT2D eigenvalue weighted by Gasteiger charge is 2.46. The van der Waals surface area contributed by atoms with Crippen molar-refractivity contribution in [1.82, 2.24) is 0 Å². The highest BCUT2D eigenvalue weighted by Crippen LogP contribution is 2.50. The Bertz CT molecular complexity index is 859. The van der Waals surface area contributed by atoms with Crippen LogP contribution in [0.3, 0.4) is 0 Å². The summed E-state index contributed by atoms with van der Waals surface area (Å²) in [5.41, 5.74) is 1.54. The van der Waals surface area contributed by atoms with E-state index in [0.29, 0.717) is 5.56 Å². The molecule has 2 aromatic carbocycles. The van der Waals surface area contributed by atoms with Crippen LogP contribution in [0.2, 0.25) is 17.6 Å². The maximum Gasteiger partial charge on any atom is 0.187 e. The number of phenolic OH excluding ortho intramolecular Hbond substituents is 1. The summed E-state index contributed by atoms with van der Waals surface area (Å²) < 4.78 is 27.9. The summed E-state index contributed by atoms with van der Waals surface area (Å²) in [5.74, 6) is -0.649. The Morgan fingerprint density at radius 2 is 1.50 bits per heavy atom. The predicted molar refractivity (Wildman–Crippen MR) is 131 cm³/mol. The summed E-state index contributed by atoms with van der Waals surface area (Å²) in [6, 6.07) is 16.3. The molecule has 4 heteroatoms. The normalized spacial score (nSPS) is 28.7. The molecule has 1 nitrogen and oxygen atoms in total. The van der Waals surface area contributed by atoms with Gasteiger partial charge in [-0.2, -0.15) is 0 Å². The van der Waals surface area contributed by atoms with Gasteiger partial charge in [-0.25, -0.2) is 8.78 Å². The van der Waals surface area contributed by atoms with E-state index in [-0.39, 0.29) is 5.92 Å². The summed E-state index contributed by atoms with van der Waals surface area (Å²) in [5, 5.41) is 11.1. The van der Waals surface area contributed by atoms with Gasteiger partial charge in [-0.05, 0) is 53.8 Å². The van der Waals surface area contributed by atoms with Gasteiger partial charge in [0, 0.05) is 0 Å². The van der Waals surface area contributed by atoms with E-state index in [1.165, 1.54) is 62.7 Å². The number of hydrogen-bond acceptors (Lipinski definition) is 1. The second kappa shape index (κ2) is 10.1. The first-order chi connectivity index (χ1) is 15.4. The molecule has 0 unspecified atom stereocenters. The van der Waals surface area contributed by atoms with E-state index in [0.717, 1.165) is 30.2 Å². The molecule has 2 aromatic rings. The fraction of sp³-hybridized carbons (Fsp3) is 0.571. The van der Waals surface area contributed by atoms with Crippen LogP contribution >= 0.6 is 0 Å². The van der Waals surface area contributed by atoms with Crippen LogP contribution in [-0.2, 0) is 0 Å². The third-order valence-corrected chi connectivity index (χ3v) is 14.5. The topological polar surface area (TPSA) is 20.2 Å². The zero-order chi connectivity index (χ0) is 22.7. The standard InChI is InChI=1S/C28H38F2OSi/c1-20(2)8-9-21-10-12-25(13-11-21)32(24-6-4-3-5-7-24)16-14-22(15-17-32)23-18-26(29)28(31)27(30)19-23/h3-7,18-22,25,31H,8-17H2,1-2H3. The van der Waals surface area contributed by atoms with Gasteiger partial charge in [-0.3, -0.25) is 0 Å². The largest absolute Gasteiger partial charge is 0.503 e. The highest BCUT2D eigenvalue weighted by atomic mass is 28.3. The molecule has 0 spiro atoms. The fourth-order valence-electron chi connectivity index (χ4n) is 6.56. The van der Waals surface area contributed by atoms with Crippen molar-refractivity contribution < 1.29 is 13.9 Å². The highest BCUT2D eigenvalue weighted by molar-refractivity contribution is 6.93. The lowest BCUT2D eigenvalue weighted by Gasteiger charge is -2.47. The molecule has 1 N–H and O–H groups in total. The van der Waals surface area contributed by atoms with Crippen LogP contribution in [0.25, 0.3) is 0 Å². The maximum absolute atomic E-state index is 14.0. The number of aromatic hydroxyl groups is 1. The first-order valence-corrected chi connectivity index (χ1v) is 15.1. The molecule has 0 bridgehead atoms. The lowest BCUT2D eigenvalue weighted by molar-refractivity contribution is 0.312. The molecule has 0 atom stereocenters. The van der Waals surface area contributed by atoms with Gasteiger partial charge in [0.2, 0.25) is 0 Å². The van der Waals surface area contributed by atoms with Crippen LogP contribution in [-0.4, -0.2) is 13.2 Å². The molecule has 32 heavy (non-hydrogen) atoms. The predicted octanol–water partition coefficient (Wildman–Crippen LogP) is 7.90. The van der Waals surface area contributed by atoms with Gasteiger partial charge >= 0.3 is 0 Å². The van der Waals surface area contributed by atoms with Crippen LogP contribution in [0.1, 0.15) is 76.7 Å². The SMILES string of the molecule is CC(C)CCC1CCC([Si]2(c3ccccc3)CCC(c3cc(F)c(O)c(F)c3)CC2)CC1. The first-order valence-electron chi connectivity index (χ1n) is 12.6. The summed E-state index contributed by atoms with van der Waals surface area (Å²) in [6.45, 7) is 4.65. The van der Waals surface area contributed by atoms with Gasteiger partial charge < -0.3 is 5.11 Å². The number of hydrogen-bond donors (Lipinski definition) is 1. The van der Waals surface area contributed by atoms with Crippen LogP contribution in [0.4, 0.5) is 8.78 Å². The van der Waals surface area contributed by atoms with E-state index in [2.05, 4.69) is 44.2 Å². The lowest BCUT2D eigenvalue weighted by Crippen LogP contribution is -2.54. The van der Waals surface area contributed by atoms with Gasteiger partial charge in [0.15, 0.2) is 17.4 Å². The molecule has 0 aromatic heterocycles. The van der Waals surface area contributed by atoms with E-state index in [1.807, 2.05) is 0 Å². The van der Waals surface area contributed by atoms with E-state index in [4.69, 9.17) is 0 Å². The summed E-state index contributed by atoms with van der Waals surface area (Å²) in [4.78, 5) is 0. The Kier molecular flexibility index (Phi) is 7.39. The minimum atomic E-state index is -1.68. The van der Waals surface area contributed by atoms with Crippen molar-refractivity contribution in [3.63, 3.8) is 0 Å². The van der Waals surface area contributed by atoms with Crippen molar-refractivity contribution in [3.8, 4) is 5.75 Å². The van der Waals surface area contributed by atoms with E-state index in [1.54, 1.807) is 5.19 Å². The molecule has 1 saturated carbocycles. The monoisotopic (exact) mass is 456 g/mol. The molecule has 1 saturated heterocycles. The number of rotatable bonds is 6. The Morgan fingerprint density at radius 1 is 0.906 bits per heavy atom. The summed E-state index contributed by atoms with van der Waals surface area (Å²) in [7, 11) is -1.68. The third-order valence-electron chi connectivity index (χ3n) is 8.52. The maximum atomic E-state index is 14.0. The van der Waals surface area contributed by atoms with Crippen molar-refractivity contribution in [2.24, 2.45) is 11.8 Å². The van der Waals surface area contributed by atoms with E-state index in [9.17, 15) is 13.9 Å². The van der Waals surface area contributed by atoms with E-state index < -0.39 is 25.5 Å². The Labute approximate surface area is 193 Å². The molecule has 2 fully saturated rings. The number of halogens is 2. The van der Waals surface area contributed by atoms with Crippen LogP contribution < -0.4 is 5.19 Å². The zero-order valence-electron chi connectivity index (χ0n) is 19.6. The average molecular weight is 457 g/mol. The smallest absolute Gasteiger partial charge is 0.187 e. The van der Waals surface area contributed by atoms with Crippen molar-refractivity contribution in [3.05, 3.63) is 59.7 Å². The van der Waals surface area contributed by atoms with Crippen molar-refractivity contribution in [1.29, 1.82) is 0 Å². The van der Waals surface area contributed by atoms with Gasteiger partial charge in [0.1, 0.15) is 0 Å². The molecule has 174 valence electrons. The third kappa shape index (κ3) is 4.95. The first kappa shape index (κ1) is 23.5. The molecule has 1 aliphatic carbocycles. The molecular formula is C28H38F2OSi. The second-order valence-electron chi connectivity index (χ2n) is 10.8. The zero-order valence-corrected chi connectivity index (χ0v) is 20.6. The summed E-state index contributed by atoms with van der Waals surface area (Å²) in [6.07, 6.45) is 10.2. The Morgan fingerprint density at radius 3 is 2.06 bits per heavy atom. The van der Waals surface area contributed by atoms with Crippen LogP contribution in [0.15, 0.2) is 42.5 Å². The molecule has 1 aliphatic heterocycles. The average Bonchev–Trinajstić information content (AvgIpc) is 2.82. The molecule has 0 radical (unpaired) electrons.